The minimum Gasteiger partial charge on any atom is -0.292 e. The number of halogens is 1. The smallest absolute Gasteiger partial charge is 0.185 e. The molecule has 5 heteroatoms. The lowest BCUT2D eigenvalue weighted by atomic mass is 10.0. The van der Waals surface area contributed by atoms with Crippen molar-refractivity contribution in [3.8, 4) is 0 Å². The Balaban J connectivity index is 2.22. The second-order valence-corrected chi connectivity index (χ2v) is 3.05. The molecule has 0 bridgehead atoms. The number of carbonyl (C=O) groups is 1. The van der Waals surface area contributed by atoms with Crippen molar-refractivity contribution in [3.63, 3.8) is 0 Å². The van der Waals surface area contributed by atoms with Crippen molar-refractivity contribution < 1.29 is 9.18 Å². The topological polar surface area (TPSA) is 53.2 Å². The Labute approximate surface area is 80.4 Å². The van der Waals surface area contributed by atoms with Gasteiger partial charge in [0, 0.05) is 6.54 Å². The number of ketones is 1. The summed E-state index contributed by atoms with van der Waals surface area (Å²) in [7, 11) is 0. The summed E-state index contributed by atoms with van der Waals surface area (Å²) in [6.45, 7) is 0.452. The van der Waals surface area contributed by atoms with Crippen LogP contribution in [0.4, 0.5) is 4.39 Å². The number of benzene rings is 1. The largest absolute Gasteiger partial charge is 0.292 e. The van der Waals surface area contributed by atoms with Crippen molar-refractivity contribution in [3.05, 3.63) is 35.6 Å². The standard InChI is InChI=1S/C9H10FN3O/c10-7-4-2-1-3-6(7)9(14)8-5-11-13-12-8/h1-4,8,11-13H,5H2. The predicted molar refractivity (Wildman–Crippen MR) is 48.8 cm³/mol. The lowest BCUT2D eigenvalue weighted by Crippen LogP contribution is -2.38. The summed E-state index contributed by atoms with van der Waals surface area (Å²) in [5, 5.41) is 0. The normalized spacial score (nSPS) is 21.1. The van der Waals surface area contributed by atoms with Crippen LogP contribution in [0.2, 0.25) is 0 Å². The number of hydrogen-bond donors (Lipinski definition) is 3. The molecule has 1 fully saturated rings. The zero-order chi connectivity index (χ0) is 9.97. The maximum absolute atomic E-state index is 13.2. The Morgan fingerprint density at radius 1 is 1.43 bits per heavy atom. The average Bonchev–Trinajstić information content (AvgIpc) is 2.70. The van der Waals surface area contributed by atoms with Crippen LogP contribution in [-0.2, 0) is 0 Å². The Kier molecular flexibility index (Phi) is 2.53. The third-order valence-electron chi connectivity index (χ3n) is 2.10. The molecule has 1 unspecified atom stereocenters. The zero-order valence-corrected chi connectivity index (χ0v) is 7.38. The number of nitrogens with one attached hydrogen (secondary N) is 3. The van der Waals surface area contributed by atoms with Crippen LogP contribution in [0.3, 0.4) is 0 Å². The van der Waals surface area contributed by atoms with Crippen LogP contribution in [0.25, 0.3) is 0 Å². The minimum absolute atomic E-state index is 0.121. The first kappa shape index (κ1) is 9.26. The number of rotatable bonds is 2. The maximum atomic E-state index is 13.2. The molecule has 0 amide bonds. The molecular formula is C9H10FN3O. The van der Waals surface area contributed by atoms with Gasteiger partial charge in [-0.15, -0.1) is 0 Å². The fourth-order valence-corrected chi connectivity index (χ4v) is 1.35. The molecule has 2 rings (SSSR count). The van der Waals surface area contributed by atoms with E-state index >= 15 is 0 Å². The summed E-state index contributed by atoms with van der Waals surface area (Å²) in [5.74, 6) is -0.730. The molecule has 0 spiro atoms. The van der Waals surface area contributed by atoms with E-state index in [0.29, 0.717) is 6.54 Å². The molecule has 0 aromatic heterocycles. The molecule has 3 N–H and O–H groups in total. The van der Waals surface area contributed by atoms with Crippen LogP contribution in [0.1, 0.15) is 10.4 Å². The summed E-state index contributed by atoms with van der Waals surface area (Å²) >= 11 is 0. The summed E-state index contributed by atoms with van der Waals surface area (Å²) in [6, 6.07) is 5.56. The molecule has 1 aliphatic heterocycles. The predicted octanol–water partition coefficient (Wildman–Crippen LogP) is -0.0106. The second-order valence-electron chi connectivity index (χ2n) is 3.05. The Bertz CT molecular complexity index is 350. The van der Waals surface area contributed by atoms with Gasteiger partial charge in [-0.3, -0.25) is 4.79 Å². The monoisotopic (exact) mass is 195 g/mol. The number of Topliss-reactive ketones (excluding diaryl/α,β-unsaturated/α-hetero) is 1. The molecule has 1 aromatic carbocycles. The van der Waals surface area contributed by atoms with E-state index < -0.39 is 11.9 Å². The molecule has 0 radical (unpaired) electrons. The summed E-state index contributed by atoms with van der Waals surface area (Å²) in [4.78, 5) is 11.7. The van der Waals surface area contributed by atoms with Crippen molar-refractivity contribution in [2.24, 2.45) is 0 Å². The van der Waals surface area contributed by atoms with Crippen LogP contribution in [0, 0.1) is 5.82 Å². The van der Waals surface area contributed by atoms with E-state index in [1.807, 2.05) is 0 Å². The first-order valence-corrected chi connectivity index (χ1v) is 4.31. The van der Waals surface area contributed by atoms with Crippen LogP contribution in [-0.4, -0.2) is 18.4 Å². The van der Waals surface area contributed by atoms with Gasteiger partial charge < -0.3 is 0 Å². The third-order valence-corrected chi connectivity index (χ3v) is 2.10. The van der Waals surface area contributed by atoms with Gasteiger partial charge in [-0.05, 0) is 12.1 Å². The van der Waals surface area contributed by atoms with Gasteiger partial charge in [-0.25, -0.2) is 15.2 Å². The van der Waals surface area contributed by atoms with E-state index in [1.54, 1.807) is 12.1 Å². The molecule has 1 heterocycles. The molecule has 1 aromatic rings. The van der Waals surface area contributed by atoms with Gasteiger partial charge in [-0.2, -0.15) is 5.53 Å². The lowest BCUT2D eigenvalue weighted by molar-refractivity contribution is 0.0950. The van der Waals surface area contributed by atoms with Gasteiger partial charge in [0.25, 0.3) is 0 Å². The number of hydrogen-bond acceptors (Lipinski definition) is 4. The highest BCUT2D eigenvalue weighted by atomic mass is 19.1. The van der Waals surface area contributed by atoms with E-state index in [1.165, 1.54) is 12.1 Å². The van der Waals surface area contributed by atoms with E-state index in [-0.39, 0.29) is 11.3 Å². The first-order valence-electron chi connectivity index (χ1n) is 4.31. The third kappa shape index (κ3) is 1.65. The van der Waals surface area contributed by atoms with Crippen LogP contribution in [0.15, 0.2) is 24.3 Å². The average molecular weight is 195 g/mol. The van der Waals surface area contributed by atoms with Crippen molar-refractivity contribution in [1.29, 1.82) is 0 Å². The Morgan fingerprint density at radius 2 is 2.21 bits per heavy atom. The quantitative estimate of drug-likeness (QED) is 0.581. The highest BCUT2D eigenvalue weighted by Crippen LogP contribution is 2.09. The van der Waals surface area contributed by atoms with Crippen molar-refractivity contribution >= 4 is 5.78 Å². The fraction of sp³-hybridized carbons (Fsp3) is 0.222. The lowest BCUT2D eigenvalue weighted by Gasteiger charge is -2.07. The van der Waals surface area contributed by atoms with E-state index in [0.717, 1.165) is 0 Å². The molecule has 0 saturated carbocycles. The highest BCUT2D eigenvalue weighted by Gasteiger charge is 2.24. The molecular weight excluding hydrogens is 185 g/mol. The minimum atomic E-state index is -0.480. The maximum Gasteiger partial charge on any atom is 0.185 e. The fourth-order valence-electron chi connectivity index (χ4n) is 1.35. The van der Waals surface area contributed by atoms with Gasteiger partial charge in [0.1, 0.15) is 5.82 Å². The molecule has 4 nitrogen and oxygen atoms in total. The zero-order valence-electron chi connectivity index (χ0n) is 7.38. The van der Waals surface area contributed by atoms with E-state index in [9.17, 15) is 9.18 Å². The highest BCUT2D eigenvalue weighted by molar-refractivity contribution is 6.00. The van der Waals surface area contributed by atoms with Gasteiger partial charge in [0.05, 0.1) is 11.6 Å². The van der Waals surface area contributed by atoms with E-state index in [2.05, 4.69) is 16.4 Å². The first-order chi connectivity index (χ1) is 6.79. The number of carbonyl (C=O) groups excluding carboxylic acids is 1. The summed E-state index contributed by atoms with van der Waals surface area (Å²) < 4.78 is 13.2. The molecule has 1 saturated heterocycles. The molecule has 1 aliphatic rings. The SMILES string of the molecule is O=C(c1ccccc1F)C1CNNN1. The van der Waals surface area contributed by atoms with Crippen LogP contribution < -0.4 is 16.4 Å². The summed E-state index contributed by atoms with van der Waals surface area (Å²) in [5.41, 5.74) is 8.16. The van der Waals surface area contributed by atoms with Crippen molar-refractivity contribution in [1.82, 2.24) is 16.4 Å². The summed E-state index contributed by atoms with van der Waals surface area (Å²) in [6.07, 6.45) is 0. The van der Waals surface area contributed by atoms with Crippen molar-refractivity contribution in [2.45, 2.75) is 6.04 Å². The molecule has 74 valence electrons. The van der Waals surface area contributed by atoms with Crippen LogP contribution >= 0.6 is 0 Å². The Hall–Kier alpha value is -1.30. The van der Waals surface area contributed by atoms with E-state index in [4.69, 9.17) is 0 Å². The number of hydrazine groups is 2. The molecule has 14 heavy (non-hydrogen) atoms. The van der Waals surface area contributed by atoms with Gasteiger partial charge in [0.2, 0.25) is 0 Å². The molecule has 1 atom stereocenters. The van der Waals surface area contributed by atoms with Crippen LogP contribution in [0.5, 0.6) is 0 Å². The second kappa shape index (κ2) is 3.83. The molecule has 0 aliphatic carbocycles. The van der Waals surface area contributed by atoms with Gasteiger partial charge >= 0.3 is 0 Å². The Morgan fingerprint density at radius 3 is 2.86 bits per heavy atom. The van der Waals surface area contributed by atoms with Gasteiger partial charge in [-0.1, -0.05) is 12.1 Å². The van der Waals surface area contributed by atoms with Crippen molar-refractivity contribution in [2.75, 3.05) is 6.54 Å². The van der Waals surface area contributed by atoms with Gasteiger partial charge in [0.15, 0.2) is 5.78 Å².